The average Bonchev–Trinajstić information content (AvgIpc) is 2.71. The first-order valence-electron chi connectivity index (χ1n) is 8.43. The van der Waals surface area contributed by atoms with Gasteiger partial charge in [-0.2, -0.15) is 0 Å². The quantitative estimate of drug-likeness (QED) is 0.557. The van der Waals surface area contributed by atoms with Crippen LogP contribution in [0.5, 0.6) is 11.5 Å². The van der Waals surface area contributed by atoms with Crippen molar-refractivity contribution in [2.75, 3.05) is 40.2 Å². The predicted octanol–water partition coefficient (Wildman–Crippen LogP) is 2.39. The largest absolute Gasteiger partial charge is 0.493 e. The van der Waals surface area contributed by atoms with E-state index in [1.807, 2.05) is 0 Å². The molecular weight excluding hydrogens is 362 g/mol. The Kier molecular flexibility index (Phi) is 7.38. The van der Waals surface area contributed by atoms with Crippen molar-refractivity contribution in [1.29, 1.82) is 0 Å². The van der Waals surface area contributed by atoms with Crippen LogP contribution in [0.3, 0.4) is 0 Å². The molecule has 0 heterocycles. The van der Waals surface area contributed by atoms with Gasteiger partial charge >= 0.3 is 0 Å². The molecule has 2 amide bonds. The summed E-state index contributed by atoms with van der Waals surface area (Å²) in [5, 5.41) is 6.45. The fourth-order valence-corrected chi connectivity index (χ4v) is 2.28. The molecule has 1 N–H and O–H groups in total. The molecule has 0 aliphatic rings. The second-order valence-corrected chi connectivity index (χ2v) is 5.95. The first-order chi connectivity index (χ1) is 13.4. The Morgan fingerprint density at radius 2 is 1.71 bits per heavy atom. The van der Waals surface area contributed by atoms with Crippen LogP contribution >= 0.6 is 0 Å². The molecule has 0 radical (unpaired) electrons. The van der Waals surface area contributed by atoms with Crippen LogP contribution in [-0.2, 0) is 9.63 Å². The summed E-state index contributed by atoms with van der Waals surface area (Å²) in [6, 6.07) is 11.9. The molecule has 0 atom stereocenters. The number of carbonyl (C=O) groups is 2. The van der Waals surface area contributed by atoms with E-state index in [-0.39, 0.29) is 18.4 Å². The van der Waals surface area contributed by atoms with E-state index in [0.29, 0.717) is 22.7 Å². The Bertz CT molecular complexity index is 847. The van der Waals surface area contributed by atoms with Crippen molar-refractivity contribution in [3.63, 3.8) is 0 Å². The number of oxime groups is 1. The molecule has 2 aromatic carbocycles. The van der Waals surface area contributed by atoms with Gasteiger partial charge in [-0.15, -0.1) is 0 Å². The Morgan fingerprint density at radius 3 is 2.32 bits per heavy atom. The zero-order valence-corrected chi connectivity index (χ0v) is 16.3. The topological polar surface area (TPSA) is 89.5 Å². The van der Waals surface area contributed by atoms with Gasteiger partial charge in [0.1, 0.15) is 0 Å². The second-order valence-electron chi connectivity index (χ2n) is 5.95. The van der Waals surface area contributed by atoms with Crippen LogP contribution in [0.2, 0.25) is 0 Å². The summed E-state index contributed by atoms with van der Waals surface area (Å²) in [4.78, 5) is 30.2. The maximum absolute atomic E-state index is 11.9. The average molecular weight is 385 g/mol. The number of nitrogens with one attached hydrogen (secondary N) is 1. The number of benzene rings is 2. The molecule has 148 valence electrons. The molecule has 0 aliphatic heterocycles. The molecule has 8 heteroatoms. The summed E-state index contributed by atoms with van der Waals surface area (Å²) < 4.78 is 10.4. The molecule has 0 aliphatic carbocycles. The SMILES string of the molecule is COc1ccc(/C=N/OCC(=O)Nc2ccc(C(=O)N(C)C)cc2)cc1OC. The van der Waals surface area contributed by atoms with Gasteiger partial charge in [-0.25, -0.2) is 0 Å². The molecule has 0 fully saturated rings. The third-order valence-corrected chi connectivity index (χ3v) is 3.70. The summed E-state index contributed by atoms with van der Waals surface area (Å²) >= 11 is 0. The Labute approximate surface area is 163 Å². The van der Waals surface area contributed by atoms with Gasteiger partial charge in [-0.3, -0.25) is 9.59 Å². The minimum atomic E-state index is -0.365. The Morgan fingerprint density at radius 1 is 1.04 bits per heavy atom. The Hall–Kier alpha value is -3.55. The molecule has 0 aromatic heterocycles. The van der Waals surface area contributed by atoms with E-state index < -0.39 is 0 Å². The molecule has 0 saturated heterocycles. The molecule has 28 heavy (non-hydrogen) atoms. The van der Waals surface area contributed by atoms with Gasteiger partial charge in [0.15, 0.2) is 18.1 Å². The molecule has 0 unspecified atom stereocenters. The summed E-state index contributed by atoms with van der Waals surface area (Å²) in [5.74, 6) is 0.709. The molecule has 2 aromatic rings. The number of hydrogen-bond acceptors (Lipinski definition) is 6. The van der Waals surface area contributed by atoms with Crippen LogP contribution in [0.15, 0.2) is 47.6 Å². The molecule has 0 spiro atoms. The fraction of sp³-hybridized carbons (Fsp3) is 0.250. The molecule has 0 saturated carbocycles. The van der Waals surface area contributed by atoms with Crippen LogP contribution in [-0.4, -0.2) is 57.9 Å². The van der Waals surface area contributed by atoms with Crippen molar-refractivity contribution in [1.82, 2.24) is 4.90 Å². The van der Waals surface area contributed by atoms with Gasteiger partial charge in [0.05, 0.1) is 20.4 Å². The molecule has 2 rings (SSSR count). The standard InChI is InChI=1S/C20H23N3O5/c1-23(2)20(25)15-6-8-16(9-7-15)22-19(24)13-28-21-12-14-5-10-17(26-3)18(11-14)27-4/h5-12H,13H2,1-4H3,(H,22,24)/b21-12+. The first-order valence-corrected chi connectivity index (χ1v) is 8.43. The smallest absolute Gasteiger partial charge is 0.265 e. The molecular formula is C20H23N3O5. The van der Waals surface area contributed by atoms with Crippen LogP contribution in [0, 0.1) is 0 Å². The van der Waals surface area contributed by atoms with Crippen molar-refractivity contribution in [2.45, 2.75) is 0 Å². The van der Waals surface area contributed by atoms with Gasteiger partial charge in [0.25, 0.3) is 11.8 Å². The summed E-state index contributed by atoms with van der Waals surface area (Å²) in [6.45, 7) is -0.248. The number of hydrogen-bond donors (Lipinski definition) is 1. The zero-order valence-electron chi connectivity index (χ0n) is 16.3. The highest BCUT2D eigenvalue weighted by Crippen LogP contribution is 2.26. The summed E-state index contributed by atoms with van der Waals surface area (Å²) in [6.07, 6.45) is 1.47. The third-order valence-electron chi connectivity index (χ3n) is 3.70. The van der Waals surface area contributed by atoms with E-state index in [1.165, 1.54) is 11.1 Å². The van der Waals surface area contributed by atoms with Crippen molar-refractivity contribution in [2.24, 2.45) is 5.16 Å². The maximum Gasteiger partial charge on any atom is 0.265 e. The van der Waals surface area contributed by atoms with Crippen LogP contribution in [0.1, 0.15) is 15.9 Å². The van der Waals surface area contributed by atoms with Gasteiger partial charge in [0, 0.05) is 30.9 Å². The summed E-state index contributed by atoms with van der Waals surface area (Å²) in [5.41, 5.74) is 1.84. The predicted molar refractivity (Wildman–Crippen MR) is 106 cm³/mol. The van der Waals surface area contributed by atoms with Crippen molar-refractivity contribution >= 4 is 23.7 Å². The highest BCUT2D eigenvalue weighted by atomic mass is 16.6. The van der Waals surface area contributed by atoms with Gasteiger partial charge in [0.2, 0.25) is 0 Å². The van der Waals surface area contributed by atoms with E-state index in [1.54, 1.807) is 70.8 Å². The zero-order chi connectivity index (χ0) is 20.5. The highest BCUT2D eigenvalue weighted by molar-refractivity contribution is 5.95. The third kappa shape index (κ3) is 5.73. The molecule has 8 nitrogen and oxygen atoms in total. The van der Waals surface area contributed by atoms with Crippen LogP contribution in [0.4, 0.5) is 5.69 Å². The number of ether oxygens (including phenoxy) is 2. The number of anilines is 1. The molecule has 0 bridgehead atoms. The normalized spacial score (nSPS) is 10.4. The van der Waals surface area contributed by atoms with Gasteiger partial charge < -0.3 is 24.5 Å². The minimum Gasteiger partial charge on any atom is -0.493 e. The maximum atomic E-state index is 11.9. The van der Waals surface area contributed by atoms with Gasteiger partial charge in [-0.05, 0) is 42.5 Å². The van der Waals surface area contributed by atoms with Crippen LogP contribution < -0.4 is 14.8 Å². The lowest BCUT2D eigenvalue weighted by Crippen LogP contribution is -2.21. The number of methoxy groups -OCH3 is 2. The van der Waals surface area contributed by atoms with Crippen molar-refractivity contribution < 1.29 is 23.9 Å². The Balaban J connectivity index is 1.84. The van der Waals surface area contributed by atoms with Gasteiger partial charge in [-0.1, -0.05) is 5.16 Å². The van der Waals surface area contributed by atoms with Crippen LogP contribution in [0.25, 0.3) is 0 Å². The second kappa shape index (κ2) is 9.96. The van der Waals surface area contributed by atoms with E-state index in [0.717, 1.165) is 5.56 Å². The lowest BCUT2D eigenvalue weighted by atomic mass is 10.2. The first kappa shape index (κ1) is 20.8. The monoisotopic (exact) mass is 385 g/mol. The number of nitrogens with zero attached hydrogens (tertiary/aromatic N) is 2. The highest BCUT2D eigenvalue weighted by Gasteiger charge is 2.08. The van der Waals surface area contributed by atoms with E-state index in [9.17, 15) is 9.59 Å². The minimum absolute atomic E-state index is 0.106. The van der Waals surface area contributed by atoms with E-state index in [2.05, 4.69) is 10.5 Å². The van der Waals surface area contributed by atoms with Crippen molar-refractivity contribution in [3.05, 3.63) is 53.6 Å². The number of rotatable bonds is 8. The van der Waals surface area contributed by atoms with Crippen molar-refractivity contribution in [3.8, 4) is 11.5 Å². The van der Waals surface area contributed by atoms with E-state index >= 15 is 0 Å². The number of amides is 2. The number of carbonyl (C=O) groups excluding carboxylic acids is 2. The fourth-order valence-electron chi connectivity index (χ4n) is 2.28. The summed E-state index contributed by atoms with van der Waals surface area (Å²) in [7, 11) is 6.46. The lowest BCUT2D eigenvalue weighted by Gasteiger charge is -2.10. The van der Waals surface area contributed by atoms with E-state index in [4.69, 9.17) is 14.3 Å². The lowest BCUT2D eigenvalue weighted by molar-refractivity contribution is -0.120.